The second kappa shape index (κ2) is 17.6. The molecule has 0 saturated heterocycles. The molecule has 1 heteroatoms. The predicted molar refractivity (Wildman–Crippen MR) is 258 cm³/mol. The average molecular weight is 770 g/mol. The molecular weight excluding hydrogens is 723 g/mol. The fourth-order valence-electron chi connectivity index (χ4n) is 8.01. The molecule has 1 heterocycles. The summed E-state index contributed by atoms with van der Waals surface area (Å²) in [6, 6.07) is 80.5. The van der Waals surface area contributed by atoms with Crippen LogP contribution in [0.25, 0.3) is 78.1 Å². The molecule has 1 aromatic heterocycles. The van der Waals surface area contributed by atoms with Gasteiger partial charge in [-0.15, -0.1) is 0 Å². The zero-order valence-electron chi connectivity index (χ0n) is 34.2. The molecule has 9 aromatic carbocycles. The zero-order chi connectivity index (χ0) is 40.7. The van der Waals surface area contributed by atoms with Gasteiger partial charge in [-0.05, 0) is 112 Å². The Balaban J connectivity index is 0.000000203. The van der Waals surface area contributed by atoms with E-state index in [0.717, 1.165) is 6.42 Å². The number of hydrogen-bond acceptors (Lipinski definition) is 0. The highest BCUT2D eigenvalue weighted by molar-refractivity contribution is 6.10. The summed E-state index contributed by atoms with van der Waals surface area (Å²) in [6.45, 7) is 4.26. The van der Waals surface area contributed by atoms with E-state index >= 15 is 0 Å². The average Bonchev–Trinajstić information content (AvgIpc) is 3.64. The molecule has 0 spiro atoms. The normalized spacial score (nSPS) is 11.2. The first-order chi connectivity index (χ1) is 29.6. The minimum absolute atomic E-state index is 0.915. The van der Waals surface area contributed by atoms with E-state index in [2.05, 4.69) is 249 Å². The zero-order valence-corrected chi connectivity index (χ0v) is 34.2. The van der Waals surface area contributed by atoms with Crippen molar-refractivity contribution in [1.82, 2.24) is 4.57 Å². The summed E-state index contributed by atoms with van der Waals surface area (Å²) in [7, 11) is 0. The Bertz CT molecular complexity index is 3010. The Morgan fingerprint density at radius 1 is 0.350 bits per heavy atom. The van der Waals surface area contributed by atoms with Crippen molar-refractivity contribution in [2.24, 2.45) is 0 Å². The van der Waals surface area contributed by atoms with E-state index in [4.69, 9.17) is 0 Å². The van der Waals surface area contributed by atoms with Gasteiger partial charge in [-0.25, -0.2) is 0 Å². The molecule has 0 radical (unpaired) electrons. The molecule has 60 heavy (non-hydrogen) atoms. The Morgan fingerprint density at radius 3 is 1.45 bits per heavy atom. The van der Waals surface area contributed by atoms with E-state index in [0.29, 0.717) is 0 Å². The highest BCUT2D eigenvalue weighted by atomic mass is 15.0. The molecule has 0 bridgehead atoms. The van der Waals surface area contributed by atoms with Crippen molar-refractivity contribution in [2.45, 2.75) is 20.3 Å². The van der Waals surface area contributed by atoms with Crippen LogP contribution in [0.2, 0.25) is 0 Å². The van der Waals surface area contributed by atoms with Crippen molar-refractivity contribution >= 4 is 27.9 Å². The molecule has 0 aliphatic rings. The molecule has 0 aliphatic heterocycles. The van der Waals surface area contributed by atoms with Crippen LogP contribution in [0, 0.1) is 13.8 Å². The maximum atomic E-state index is 2.38. The monoisotopic (exact) mass is 769 g/mol. The van der Waals surface area contributed by atoms with Gasteiger partial charge in [-0.2, -0.15) is 0 Å². The molecular formula is C59H47N. The van der Waals surface area contributed by atoms with Gasteiger partial charge in [0.05, 0.1) is 11.0 Å². The van der Waals surface area contributed by atoms with Gasteiger partial charge in [0.25, 0.3) is 0 Å². The quantitative estimate of drug-likeness (QED) is 0.145. The Kier molecular flexibility index (Phi) is 11.1. The van der Waals surface area contributed by atoms with Gasteiger partial charge >= 0.3 is 0 Å². The Hall–Kier alpha value is -7.48. The molecule has 0 amide bonds. The van der Waals surface area contributed by atoms with Gasteiger partial charge in [0.2, 0.25) is 0 Å². The SMILES string of the molecule is Cc1ccc(-c2ccc(-c3ccccc3)cc2)cc1.Cc1cccc(-n2c3ccccc3c3cc(-c4ccc(/C=C/Cc5ccc(-c6ccccc6)cc5)cc4)ccc32)c1. The summed E-state index contributed by atoms with van der Waals surface area (Å²) in [5.74, 6) is 0. The Labute approximate surface area is 354 Å². The molecule has 288 valence electrons. The van der Waals surface area contributed by atoms with Gasteiger partial charge in [-0.1, -0.05) is 212 Å². The van der Waals surface area contributed by atoms with Crippen LogP contribution in [0.5, 0.6) is 0 Å². The van der Waals surface area contributed by atoms with Crippen molar-refractivity contribution < 1.29 is 0 Å². The van der Waals surface area contributed by atoms with Crippen molar-refractivity contribution in [2.75, 3.05) is 0 Å². The molecule has 10 aromatic rings. The van der Waals surface area contributed by atoms with Gasteiger partial charge < -0.3 is 4.57 Å². The maximum absolute atomic E-state index is 2.38. The Morgan fingerprint density at radius 2 is 0.833 bits per heavy atom. The van der Waals surface area contributed by atoms with Crippen molar-refractivity contribution in [3.05, 3.63) is 253 Å². The van der Waals surface area contributed by atoms with Crippen LogP contribution in [0.15, 0.2) is 231 Å². The molecule has 0 saturated carbocycles. The van der Waals surface area contributed by atoms with E-state index in [1.165, 1.54) is 94.3 Å². The fourth-order valence-corrected chi connectivity index (χ4v) is 8.01. The molecule has 10 rings (SSSR count). The topological polar surface area (TPSA) is 4.93 Å². The lowest BCUT2D eigenvalue weighted by molar-refractivity contribution is 1.17. The van der Waals surface area contributed by atoms with Crippen LogP contribution in [0.1, 0.15) is 22.3 Å². The molecule has 0 aliphatic carbocycles. The van der Waals surface area contributed by atoms with E-state index in [1.807, 2.05) is 6.07 Å². The van der Waals surface area contributed by atoms with E-state index < -0.39 is 0 Å². The lowest BCUT2D eigenvalue weighted by Crippen LogP contribution is -1.94. The van der Waals surface area contributed by atoms with Crippen molar-refractivity contribution in [3.8, 4) is 50.2 Å². The van der Waals surface area contributed by atoms with Crippen LogP contribution in [0.3, 0.4) is 0 Å². The summed E-state index contributed by atoms with van der Waals surface area (Å²) < 4.78 is 2.38. The smallest absolute Gasteiger partial charge is 0.0541 e. The number of para-hydroxylation sites is 1. The number of allylic oxidation sites excluding steroid dienone is 1. The highest BCUT2D eigenvalue weighted by Gasteiger charge is 2.13. The number of fused-ring (bicyclic) bond motifs is 3. The molecule has 0 fully saturated rings. The molecule has 0 N–H and O–H groups in total. The second-order valence-electron chi connectivity index (χ2n) is 15.5. The summed E-state index contributed by atoms with van der Waals surface area (Å²) in [5, 5.41) is 2.56. The first kappa shape index (κ1) is 38.1. The fraction of sp³-hybridized carbons (Fsp3) is 0.0508. The largest absolute Gasteiger partial charge is 0.309 e. The minimum atomic E-state index is 0.915. The van der Waals surface area contributed by atoms with Gasteiger partial charge in [0, 0.05) is 16.5 Å². The lowest BCUT2D eigenvalue weighted by Gasteiger charge is -2.09. The summed E-state index contributed by atoms with van der Waals surface area (Å²) in [5.41, 5.74) is 18.8. The van der Waals surface area contributed by atoms with Gasteiger partial charge in [-0.3, -0.25) is 0 Å². The van der Waals surface area contributed by atoms with E-state index in [1.54, 1.807) is 0 Å². The van der Waals surface area contributed by atoms with Crippen LogP contribution in [0.4, 0.5) is 0 Å². The standard InChI is InChI=1S/C40H31N.C19H16/c1-29-9-7-14-36(27-29)41-39-16-6-5-15-37(39)38-28-35(25-26-40(38)41)34-23-19-31(20-24-34)11-8-10-30-17-21-33(22-18-30)32-12-3-2-4-13-32;1-15-7-9-17(10-8-15)19-13-11-18(12-14-19)16-5-3-2-4-6-16/h2-9,11-28H,10H2,1H3;2-14H,1H3/b11-8+;. The van der Waals surface area contributed by atoms with Crippen molar-refractivity contribution in [3.63, 3.8) is 0 Å². The maximum Gasteiger partial charge on any atom is 0.0541 e. The summed E-state index contributed by atoms with van der Waals surface area (Å²) in [6.07, 6.45) is 5.38. The second-order valence-corrected chi connectivity index (χ2v) is 15.5. The summed E-state index contributed by atoms with van der Waals surface area (Å²) in [4.78, 5) is 0. The number of benzene rings is 9. The first-order valence-electron chi connectivity index (χ1n) is 20.8. The van der Waals surface area contributed by atoms with Crippen LogP contribution >= 0.6 is 0 Å². The van der Waals surface area contributed by atoms with Crippen molar-refractivity contribution in [1.29, 1.82) is 0 Å². The third-order valence-electron chi connectivity index (χ3n) is 11.3. The first-order valence-corrected chi connectivity index (χ1v) is 20.8. The minimum Gasteiger partial charge on any atom is -0.309 e. The number of aromatic nitrogens is 1. The lowest BCUT2D eigenvalue weighted by atomic mass is 10.00. The van der Waals surface area contributed by atoms with Gasteiger partial charge in [0.1, 0.15) is 0 Å². The van der Waals surface area contributed by atoms with Crippen LogP contribution < -0.4 is 0 Å². The van der Waals surface area contributed by atoms with E-state index in [-0.39, 0.29) is 0 Å². The third-order valence-corrected chi connectivity index (χ3v) is 11.3. The number of nitrogens with zero attached hydrogens (tertiary/aromatic N) is 1. The van der Waals surface area contributed by atoms with Crippen LogP contribution in [-0.2, 0) is 6.42 Å². The van der Waals surface area contributed by atoms with Crippen LogP contribution in [-0.4, -0.2) is 4.57 Å². The number of aryl methyl sites for hydroxylation is 2. The number of hydrogen-bond donors (Lipinski definition) is 0. The number of rotatable bonds is 8. The molecule has 0 atom stereocenters. The highest BCUT2D eigenvalue weighted by Crippen LogP contribution is 2.35. The molecule has 1 nitrogen and oxygen atoms in total. The molecule has 0 unspecified atom stereocenters. The van der Waals surface area contributed by atoms with Gasteiger partial charge in [0.15, 0.2) is 0 Å². The third kappa shape index (κ3) is 8.53. The van der Waals surface area contributed by atoms with E-state index in [9.17, 15) is 0 Å². The predicted octanol–water partition coefficient (Wildman–Crippen LogP) is 16.0. The summed E-state index contributed by atoms with van der Waals surface area (Å²) >= 11 is 0.